The molecule has 0 radical (unpaired) electrons. The number of anilines is 1. The largest absolute Gasteiger partial charge is 0.337 e. The first-order valence-electron chi connectivity index (χ1n) is 6.78. The highest BCUT2D eigenvalue weighted by Crippen LogP contribution is 2.11. The zero-order valence-electron chi connectivity index (χ0n) is 12.1. The van der Waals surface area contributed by atoms with Gasteiger partial charge in [-0.15, -0.1) is 0 Å². The number of hydrogen-bond donors (Lipinski definition) is 2. The normalized spacial score (nSPS) is 11.3. The highest BCUT2D eigenvalue weighted by atomic mass is 32.2. The molecule has 2 rings (SSSR count). The van der Waals surface area contributed by atoms with Crippen molar-refractivity contribution in [2.24, 2.45) is 0 Å². The summed E-state index contributed by atoms with van der Waals surface area (Å²) in [5.41, 5.74) is 0.917. The van der Waals surface area contributed by atoms with E-state index in [9.17, 15) is 13.4 Å². The Kier molecular flexibility index (Phi) is 5.83. The van der Waals surface area contributed by atoms with Crippen LogP contribution in [0.15, 0.2) is 53.4 Å². The molecule has 7 heteroatoms. The van der Waals surface area contributed by atoms with E-state index in [1.807, 2.05) is 6.07 Å². The lowest BCUT2D eigenvalue weighted by atomic mass is 10.2. The molecule has 0 saturated carbocycles. The second kappa shape index (κ2) is 8.06. The standard InChI is InChI=1S/C16H14FN3O2S/c17-14-6-1-2-7-15(14)23(22)9-8-19-16(21)20-13-5-3-4-12(10-13)11-18/h1-7,10H,8-9H2,(H2,19,20,21)/t23-/m1/s1. The molecule has 2 aromatic rings. The van der Waals surface area contributed by atoms with Crippen molar-refractivity contribution in [2.75, 3.05) is 17.6 Å². The maximum absolute atomic E-state index is 13.5. The number of amides is 2. The Hall–Kier alpha value is -2.72. The van der Waals surface area contributed by atoms with Gasteiger partial charge >= 0.3 is 6.03 Å². The van der Waals surface area contributed by atoms with Crippen molar-refractivity contribution in [2.45, 2.75) is 4.90 Å². The molecular formula is C16H14FN3O2S. The molecule has 5 nitrogen and oxygen atoms in total. The highest BCUT2D eigenvalue weighted by Gasteiger charge is 2.09. The summed E-state index contributed by atoms with van der Waals surface area (Å²) < 4.78 is 25.4. The molecular weight excluding hydrogens is 317 g/mol. The van der Waals surface area contributed by atoms with E-state index in [4.69, 9.17) is 5.26 Å². The van der Waals surface area contributed by atoms with Crippen molar-refractivity contribution in [1.29, 1.82) is 5.26 Å². The first kappa shape index (κ1) is 16.6. The number of urea groups is 1. The predicted octanol–water partition coefficient (Wildman–Crippen LogP) is 2.63. The van der Waals surface area contributed by atoms with Gasteiger partial charge in [0, 0.05) is 18.0 Å². The monoisotopic (exact) mass is 331 g/mol. The number of hydrogen-bond acceptors (Lipinski definition) is 3. The quantitative estimate of drug-likeness (QED) is 0.883. The number of benzene rings is 2. The molecule has 0 aliphatic carbocycles. The van der Waals surface area contributed by atoms with Crippen LogP contribution >= 0.6 is 0 Å². The fraction of sp³-hybridized carbons (Fsp3) is 0.125. The van der Waals surface area contributed by atoms with Gasteiger partial charge in [-0.25, -0.2) is 9.18 Å². The van der Waals surface area contributed by atoms with Gasteiger partial charge in [0.1, 0.15) is 5.82 Å². The van der Waals surface area contributed by atoms with Crippen LogP contribution in [0.4, 0.5) is 14.9 Å². The number of nitrogens with one attached hydrogen (secondary N) is 2. The summed E-state index contributed by atoms with van der Waals surface area (Å²) in [5, 5.41) is 13.9. The minimum atomic E-state index is -1.52. The summed E-state index contributed by atoms with van der Waals surface area (Å²) in [7, 11) is -1.52. The van der Waals surface area contributed by atoms with E-state index in [-0.39, 0.29) is 17.2 Å². The van der Waals surface area contributed by atoms with Crippen molar-refractivity contribution in [3.63, 3.8) is 0 Å². The summed E-state index contributed by atoms with van der Waals surface area (Å²) in [6.45, 7) is 0.130. The Morgan fingerprint density at radius 1 is 1.22 bits per heavy atom. The molecule has 118 valence electrons. The minimum absolute atomic E-state index is 0.104. The van der Waals surface area contributed by atoms with E-state index < -0.39 is 22.6 Å². The van der Waals surface area contributed by atoms with E-state index in [2.05, 4.69) is 10.6 Å². The van der Waals surface area contributed by atoms with E-state index in [0.29, 0.717) is 11.3 Å². The molecule has 0 spiro atoms. The molecule has 0 heterocycles. The maximum atomic E-state index is 13.5. The lowest BCUT2D eigenvalue weighted by Gasteiger charge is -2.08. The fourth-order valence-corrected chi connectivity index (χ4v) is 2.86. The van der Waals surface area contributed by atoms with Gasteiger partial charge in [0.05, 0.1) is 27.3 Å². The number of carbonyl (C=O) groups excluding carboxylic acids is 1. The van der Waals surface area contributed by atoms with Gasteiger partial charge in [-0.3, -0.25) is 4.21 Å². The van der Waals surface area contributed by atoms with Crippen LogP contribution < -0.4 is 10.6 Å². The van der Waals surface area contributed by atoms with Gasteiger partial charge in [0.2, 0.25) is 0 Å². The molecule has 0 aliphatic heterocycles. The zero-order chi connectivity index (χ0) is 16.7. The van der Waals surface area contributed by atoms with Crippen LogP contribution in [0.25, 0.3) is 0 Å². The van der Waals surface area contributed by atoms with Crippen LogP contribution in [0.1, 0.15) is 5.56 Å². The van der Waals surface area contributed by atoms with Crippen molar-refractivity contribution in [1.82, 2.24) is 5.32 Å². The molecule has 0 aliphatic rings. The van der Waals surface area contributed by atoms with Crippen molar-refractivity contribution < 1.29 is 13.4 Å². The average molecular weight is 331 g/mol. The minimum Gasteiger partial charge on any atom is -0.337 e. The van der Waals surface area contributed by atoms with Crippen LogP contribution in [0.2, 0.25) is 0 Å². The third-order valence-electron chi connectivity index (χ3n) is 2.90. The third-order valence-corrected chi connectivity index (χ3v) is 4.30. The zero-order valence-corrected chi connectivity index (χ0v) is 12.9. The number of nitriles is 1. The molecule has 1 atom stereocenters. The van der Waals surface area contributed by atoms with Crippen molar-refractivity contribution >= 4 is 22.5 Å². The van der Waals surface area contributed by atoms with E-state index in [1.54, 1.807) is 24.3 Å². The highest BCUT2D eigenvalue weighted by molar-refractivity contribution is 7.85. The smallest absolute Gasteiger partial charge is 0.319 e. The van der Waals surface area contributed by atoms with Crippen molar-refractivity contribution in [3.05, 3.63) is 59.9 Å². The van der Waals surface area contributed by atoms with Crippen LogP contribution in [0.5, 0.6) is 0 Å². The van der Waals surface area contributed by atoms with E-state index in [1.165, 1.54) is 24.3 Å². The molecule has 23 heavy (non-hydrogen) atoms. The van der Waals surface area contributed by atoms with Crippen LogP contribution in [-0.2, 0) is 10.8 Å². The molecule has 0 fully saturated rings. The second-order valence-electron chi connectivity index (χ2n) is 4.55. The summed E-state index contributed by atoms with van der Waals surface area (Å²) in [5.74, 6) is -0.421. The van der Waals surface area contributed by atoms with Crippen LogP contribution in [0, 0.1) is 17.1 Å². The molecule has 2 amide bonds. The molecule has 0 bridgehead atoms. The average Bonchev–Trinajstić information content (AvgIpc) is 2.55. The lowest BCUT2D eigenvalue weighted by molar-refractivity contribution is 0.252. The summed E-state index contributed by atoms with van der Waals surface area (Å²) in [6.07, 6.45) is 0. The summed E-state index contributed by atoms with van der Waals surface area (Å²) >= 11 is 0. The Morgan fingerprint density at radius 3 is 2.74 bits per heavy atom. The summed E-state index contributed by atoms with van der Waals surface area (Å²) in [4.78, 5) is 11.8. The topological polar surface area (TPSA) is 82.0 Å². The Labute approximate surface area is 135 Å². The second-order valence-corrected chi connectivity index (χ2v) is 6.09. The number of nitrogens with zero attached hydrogens (tertiary/aromatic N) is 1. The maximum Gasteiger partial charge on any atom is 0.319 e. The van der Waals surface area contributed by atoms with Crippen molar-refractivity contribution in [3.8, 4) is 6.07 Å². The molecule has 2 N–H and O–H groups in total. The third kappa shape index (κ3) is 4.90. The van der Waals surface area contributed by atoms with E-state index in [0.717, 1.165) is 0 Å². The predicted molar refractivity (Wildman–Crippen MR) is 85.9 cm³/mol. The Balaban J connectivity index is 1.82. The number of carbonyl (C=O) groups is 1. The molecule has 2 aromatic carbocycles. The van der Waals surface area contributed by atoms with Gasteiger partial charge in [0.15, 0.2) is 0 Å². The van der Waals surface area contributed by atoms with Gasteiger partial charge in [-0.1, -0.05) is 18.2 Å². The first-order valence-corrected chi connectivity index (χ1v) is 8.10. The Morgan fingerprint density at radius 2 is 2.00 bits per heavy atom. The lowest BCUT2D eigenvalue weighted by Crippen LogP contribution is -2.32. The number of rotatable bonds is 5. The van der Waals surface area contributed by atoms with Gasteiger partial charge in [-0.05, 0) is 30.3 Å². The van der Waals surface area contributed by atoms with Crippen LogP contribution in [0.3, 0.4) is 0 Å². The fourth-order valence-electron chi connectivity index (χ4n) is 1.84. The van der Waals surface area contributed by atoms with Crippen LogP contribution in [-0.4, -0.2) is 22.5 Å². The summed E-state index contributed by atoms with van der Waals surface area (Å²) in [6, 6.07) is 13.8. The first-order chi connectivity index (χ1) is 11.1. The molecule has 0 aromatic heterocycles. The van der Waals surface area contributed by atoms with E-state index >= 15 is 0 Å². The van der Waals surface area contributed by atoms with Gasteiger partial charge in [-0.2, -0.15) is 5.26 Å². The van der Waals surface area contributed by atoms with Gasteiger partial charge < -0.3 is 10.6 Å². The van der Waals surface area contributed by atoms with Gasteiger partial charge in [0.25, 0.3) is 0 Å². The molecule has 0 unspecified atom stereocenters. The SMILES string of the molecule is N#Cc1cccc(NC(=O)NCC[S@@](=O)c2ccccc2F)c1. The molecule has 0 saturated heterocycles. The number of halogens is 1. The Bertz CT molecular complexity index is 774.